The second-order valence-electron chi connectivity index (χ2n) is 5.93. The molecule has 0 radical (unpaired) electrons. The molecule has 0 aromatic heterocycles. The summed E-state index contributed by atoms with van der Waals surface area (Å²) < 4.78 is 0. The number of rotatable bonds is 2. The zero-order chi connectivity index (χ0) is 13.2. The van der Waals surface area contributed by atoms with Crippen LogP contribution >= 0.6 is 0 Å². The molecule has 19 heavy (non-hydrogen) atoms. The summed E-state index contributed by atoms with van der Waals surface area (Å²) in [5.41, 5.74) is 2.66. The van der Waals surface area contributed by atoms with Crippen LogP contribution in [0.2, 0.25) is 0 Å². The molecule has 2 atom stereocenters. The zero-order valence-corrected chi connectivity index (χ0v) is 11.8. The number of benzene rings is 1. The van der Waals surface area contributed by atoms with Gasteiger partial charge in [0.1, 0.15) is 0 Å². The monoisotopic (exact) mass is 260 g/mol. The Kier molecular flexibility index (Phi) is 3.76. The molecule has 1 N–H and O–H groups in total. The maximum Gasteiger partial charge on any atom is 0.0695 e. The van der Waals surface area contributed by atoms with Crippen LogP contribution in [0.3, 0.4) is 0 Å². The van der Waals surface area contributed by atoms with Gasteiger partial charge >= 0.3 is 0 Å². The van der Waals surface area contributed by atoms with Gasteiger partial charge in [-0.15, -0.1) is 0 Å². The summed E-state index contributed by atoms with van der Waals surface area (Å²) in [6.45, 7) is 6.46. The van der Waals surface area contributed by atoms with Crippen molar-refractivity contribution in [2.24, 2.45) is 0 Å². The van der Waals surface area contributed by atoms with Gasteiger partial charge in [0.15, 0.2) is 0 Å². The van der Waals surface area contributed by atoms with Crippen molar-refractivity contribution in [1.29, 1.82) is 0 Å². The van der Waals surface area contributed by atoms with Gasteiger partial charge in [0, 0.05) is 37.9 Å². The molecule has 0 spiro atoms. The minimum Gasteiger partial charge on any atom is -0.391 e. The van der Waals surface area contributed by atoms with Crippen molar-refractivity contribution in [1.82, 2.24) is 4.90 Å². The standard InChI is InChI=1S/C16H24N2O/c1-13-4-2-5-14(12-13)17-8-10-18(11-9-17)15-6-3-7-16(15)19/h2,4-5,12,15-16,19H,3,6-11H2,1H3/t15-,16-/m0/s1. The molecule has 3 nitrogen and oxygen atoms in total. The number of aliphatic hydroxyl groups excluding tert-OH is 1. The Labute approximate surface area is 115 Å². The first kappa shape index (κ1) is 12.9. The fraction of sp³-hybridized carbons (Fsp3) is 0.625. The first-order chi connectivity index (χ1) is 9.24. The number of aryl methyl sites for hydroxylation is 1. The van der Waals surface area contributed by atoms with Crippen LogP contribution in [0.25, 0.3) is 0 Å². The van der Waals surface area contributed by atoms with Gasteiger partial charge in [-0.05, 0) is 43.9 Å². The first-order valence-corrected chi connectivity index (χ1v) is 7.48. The summed E-state index contributed by atoms with van der Waals surface area (Å²) in [5, 5.41) is 10.0. The maximum atomic E-state index is 10.0. The van der Waals surface area contributed by atoms with E-state index in [4.69, 9.17) is 0 Å². The molecule has 1 aliphatic carbocycles. The summed E-state index contributed by atoms with van der Waals surface area (Å²) in [6, 6.07) is 9.17. The van der Waals surface area contributed by atoms with Crippen LogP contribution in [0.4, 0.5) is 5.69 Å². The molecular weight excluding hydrogens is 236 g/mol. The highest BCUT2D eigenvalue weighted by molar-refractivity contribution is 5.48. The lowest BCUT2D eigenvalue weighted by Crippen LogP contribution is -2.52. The number of hydrogen-bond donors (Lipinski definition) is 1. The Balaban J connectivity index is 1.60. The lowest BCUT2D eigenvalue weighted by atomic mass is 10.1. The number of piperazine rings is 1. The van der Waals surface area contributed by atoms with E-state index in [1.54, 1.807) is 0 Å². The third-order valence-electron chi connectivity index (χ3n) is 4.59. The van der Waals surface area contributed by atoms with E-state index >= 15 is 0 Å². The normalized spacial score (nSPS) is 28.8. The molecule has 3 heteroatoms. The Morgan fingerprint density at radius 2 is 1.89 bits per heavy atom. The molecule has 2 fully saturated rings. The zero-order valence-electron chi connectivity index (χ0n) is 11.8. The Hall–Kier alpha value is -1.06. The molecule has 0 amide bonds. The molecule has 2 aliphatic rings. The van der Waals surface area contributed by atoms with Gasteiger partial charge in [-0.3, -0.25) is 4.90 Å². The van der Waals surface area contributed by atoms with Crippen molar-refractivity contribution in [3.05, 3.63) is 29.8 Å². The summed E-state index contributed by atoms with van der Waals surface area (Å²) >= 11 is 0. The lowest BCUT2D eigenvalue weighted by molar-refractivity contribution is 0.0671. The molecular formula is C16H24N2O. The van der Waals surface area contributed by atoms with Crippen molar-refractivity contribution in [2.45, 2.75) is 38.3 Å². The highest BCUT2D eigenvalue weighted by Crippen LogP contribution is 2.26. The van der Waals surface area contributed by atoms with E-state index in [-0.39, 0.29) is 6.10 Å². The quantitative estimate of drug-likeness (QED) is 0.881. The van der Waals surface area contributed by atoms with Gasteiger partial charge in [0.05, 0.1) is 6.10 Å². The van der Waals surface area contributed by atoms with Gasteiger partial charge in [0.25, 0.3) is 0 Å². The van der Waals surface area contributed by atoms with Gasteiger partial charge in [0.2, 0.25) is 0 Å². The topological polar surface area (TPSA) is 26.7 Å². The number of anilines is 1. The average Bonchev–Trinajstić information content (AvgIpc) is 2.85. The van der Waals surface area contributed by atoms with Crippen LogP contribution in [0, 0.1) is 6.92 Å². The van der Waals surface area contributed by atoms with Crippen molar-refractivity contribution in [3.8, 4) is 0 Å². The van der Waals surface area contributed by atoms with Crippen LogP contribution in [0.15, 0.2) is 24.3 Å². The van der Waals surface area contributed by atoms with Crippen molar-refractivity contribution in [3.63, 3.8) is 0 Å². The maximum absolute atomic E-state index is 10.0. The van der Waals surface area contributed by atoms with E-state index in [0.717, 1.165) is 32.6 Å². The van der Waals surface area contributed by atoms with Crippen LogP contribution in [-0.2, 0) is 0 Å². The van der Waals surface area contributed by atoms with Crippen molar-refractivity contribution in [2.75, 3.05) is 31.1 Å². The van der Waals surface area contributed by atoms with E-state index in [1.165, 1.54) is 24.1 Å². The molecule has 104 valence electrons. The molecule has 1 heterocycles. The molecule has 3 rings (SSSR count). The minimum absolute atomic E-state index is 0.0921. The molecule has 0 bridgehead atoms. The van der Waals surface area contributed by atoms with E-state index in [2.05, 4.69) is 41.0 Å². The molecule has 1 aliphatic heterocycles. The van der Waals surface area contributed by atoms with Gasteiger partial charge < -0.3 is 10.0 Å². The lowest BCUT2D eigenvalue weighted by Gasteiger charge is -2.40. The predicted octanol–water partition coefficient (Wildman–Crippen LogP) is 2.03. The van der Waals surface area contributed by atoms with Crippen LogP contribution in [0.1, 0.15) is 24.8 Å². The minimum atomic E-state index is -0.0921. The van der Waals surface area contributed by atoms with Crippen LogP contribution < -0.4 is 4.90 Å². The van der Waals surface area contributed by atoms with Crippen LogP contribution in [0.5, 0.6) is 0 Å². The summed E-state index contributed by atoms with van der Waals surface area (Å²) in [4.78, 5) is 4.95. The highest BCUT2D eigenvalue weighted by Gasteiger charge is 2.32. The third-order valence-corrected chi connectivity index (χ3v) is 4.59. The third kappa shape index (κ3) is 2.77. The fourth-order valence-corrected chi connectivity index (χ4v) is 3.48. The Morgan fingerprint density at radius 3 is 2.53 bits per heavy atom. The number of hydrogen-bond acceptors (Lipinski definition) is 3. The first-order valence-electron chi connectivity index (χ1n) is 7.48. The summed E-state index contributed by atoms with van der Waals surface area (Å²) in [5.74, 6) is 0. The average molecular weight is 260 g/mol. The van der Waals surface area contributed by atoms with Gasteiger partial charge in [-0.2, -0.15) is 0 Å². The SMILES string of the molecule is Cc1cccc(N2CCN([C@H]3CCC[C@@H]3O)CC2)c1. The van der Waals surface area contributed by atoms with Crippen molar-refractivity contribution < 1.29 is 5.11 Å². The van der Waals surface area contributed by atoms with E-state index in [1.807, 2.05) is 0 Å². The number of aliphatic hydroxyl groups is 1. The molecule has 1 saturated heterocycles. The Bertz CT molecular complexity index is 427. The Morgan fingerprint density at radius 1 is 1.11 bits per heavy atom. The second-order valence-corrected chi connectivity index (χ2v) is 5.93. The predicted molar refractivity (Wildman–Crippen MR) is 78.6 cm³/mol. The fourth-order valence-electron chi connectivity index (χ4n) is 3.48. The van der Waals surface area contributed by atoms with Crippen molar-refractivity contribution >= 4 is 5.69 Å². The van der Waals surface area contributed by atoms with Gasteiger partial charge in [-0.1, -0.05) is 12.1 Å². The molecule has 1 saturated carbocycles. The van der Waals surface area contributed by atoms with E-state index in [0.29, 0.717) is 6.04 Å². The molecule has 1 aromatic rings. The second kappa shape index (κ2) is 5.51. The number of nitrogens with zero attached hydrogens (tertiary/aromatic N) is 2. The largest absolute Gasteiger partial charge is 0.391 e. The molecule has 1 aromatic carbocycles. The highest BCUT2D eigenvalue weighted by atomic mass is 16.3. The van der Waals surface area contributed by atoms with Gasteiger partial charge in [-0.25, -0.2) is 0 Å². The molecule has 0 unspecified atom stereocenters. The smallest absolute Gasteiger partial charge is 0.0695 e. The van der Waals surface area contributed by atoms with Crippen LogP contribution in [-0.4, -0.2) is 48.3 Å². The van der Waals surface area contributed by atoms with E-state index in [9.17, 15) is 5.11 Å². The summed E-state index contributed by atoms with van der Waals surface area (Å²) in [6.07, 6.45) is 3.25. The summed E-state index contributed by atoms with van der Waals surface area (Å²) in [7, 11) is 0. The van der Waals surface area contributed by atoms with E-state index < -0.39 is 0 Å².